The molecule has 0 aliphatic carbocycles. The Balaban J connectivity index is 1.82. The SMILES string of the molecule is CCN(c1cnnc(Nc2ccc(C)cc2C)n1)C1CCS(=O)(=O)C1. The van der Waals surface area contributed by atoms with Crippen LogP contribution in [0.3, 0.4) is 0 Å². The van der Waals surface area contributed by atoms with Crippen molar-refractivity contribution in [1.29, 1.82) is 0 Å². The molecule has 0 spiro atoms. The second-order valence-electron chi connectivity index (χ2n) is 6.42. The molecule has 0 saturated carbocycles. The van der Waals surface area contributed by atoms with E-state index in [4.69, 9.17) is 0 Å². The molecule has 1 unspecified atom stereocenters. The monoisotopic (exact) mass is 361 g/mol. The Labute approximate surface area is 148 Å². The van der Waals surface area contributed by atoms with E-state index in [2.05, 4.69) is 26.6 Å². The first-order valence-electron chi connectivity index (χ1n) is 8.39. The van der Waals surface area contributed by atoms with Gasteiger partial charge in [-0.3, -0.25) is 0 Å². The van der Waals surface area contributed by atoms with Crippen molar-refractivity contribution in [2.24, 2.45) is 0 Å². The first-order valence-corrected chi connectivity index (χ1v) is 10.2. The predicted octanol–water partition coefficient (Wildman–Crippen LogP) is 2.25. The van der Waals surface area contributed by atoms with Crippen molar-refractivity contribution in [3.05, 3.63) is 35.5 Å². The summed E-state index contributed by atoms with van der Waals surface area (Å²) in [6, 6.07) is 6.04. The third-order valence-corrected chi connectivity index (χ3v) is 6.21. The van der Waals surface area contributed by atoms with Gasteiger partial charge in [-0.1, -0.05) is 17.7 Å². The topological polar surface area (TPSA) is 88.1 Å². The molecule has 1 aliphatic heterocycles. The molecular weight excluding hydrogens is 338 g/mol. The lowest BCUT2D eigenvalue weighted by Gasteiger charge is -2.27. The zero-order valence-electron chi connectivity index (χ0n) is 14.7. The summed E-state index contributed by atoms with van der Waals surface area (Å²) in [5.74, 6) is 1.46. The molecule has 1 fully saturated rings. The molecule has 0 radical (unpaired) electrons. The zero-order chi connectivity index (χ0) is 18.0. The Hall–Kier alpha value is -2.22. The van der Waals surface area contributed by atoms with E-state index in [1.54, 1.807) is 6.20 Å². The van der Waals surface area contributed by atoms with Crippen LogP contribution in [0.15, 0.2) is 24.4 Å². The average Bonchev–Trinajstić information content (AvgIpc) is 2.91. The van der Waals surface area contributed by atoms with Gasteiger partial charge in [0.25, 0.3) is 0 Å². The summed E-state index contributed by atoms with van der Waals surface area (Å²) in [6.07, 6.45) is 2.21. The van der Waals surface area contributed by atoms with Crippen LogP contribution in [0, 0.1) is 13.8 Å². The fourth-order valence-corrected chi connectivity index (χ4v) is 4.92. The number of anilines is 3. The highest BCUT2D eigenvalue weighted by Gasteiger charge is 2.32. The van der Waals surface area contributed by atoms with E-state index in [1.165, 1.54) is 5.56 Å². The summed E-state index contributed by atoms with van der Waals surface area (Å²) in [7, 11) is -2.95. The smallest absolute Gasteiger partial charge is 0.249 e. The molecule has 1 N–H and O–H groups in total. The number of sulfone groups is 1. The Bertz CT molecular complexity index is 869. The van der Waals surface area contributed by atoms with Crippen molar-refractivity contribution in [1.82, 2.24) is 15.2 Å². The summed E-state index contributed by atoms with van der Waals surface area (Å²) in [6.45, 7) is 6.73. The van der Waals surface area contributed by atoms with Gasteiger partial charge < -0.3 is 10.2 Å². The van der Waals surface area contributed by atoms with E-state index in [0.717, 1.165) is 11.3 Å². The van der Waals surface area contributed by atoms with Crippen LogP contribution in [0.4, 0.5) is 17.5 Å². The van der Waals surface area contributed by atoms with Crippen LogP contribution in [0.1, 0.15) is 24.5 Å². The van der Waals surface area contributed by atoms with E-state index in [0.29, 0.717) is 24.7 Å². The fraction of sp³-hybridized carbons (Fsp3) is 0.471. The molecule has 1 aromatic carbocycles. The minimum Gasteiger partial charge on any atom is -0.351 e. The Morgan fingerprint density at radius 2 is 2.12 bits per heavy atom. The second-order valence-corrected chi connectivity index (χ2v) is 8.65. The van der Waals surface area contributed by atoms with Gasteiger partial charge in [-0.2, -0.15) is 10.1 Å². The Morgan fingerprint density at radius 3 is 2.76 bits per heavy atom. The van der Waals surface area contributed by atoms with E-state index in [9.17, 15) is 8.42 Å². The minimum absolute atomic E-state index is 0.0549. The fourth-order valence-electron chi connectivity index (χ4n) is 3.19. The minimum atomic E-state index is -2.95. The van der Waals surface area contributed by atoms with Crippen LogP contribution in [0.2, 0.25) is 0 Å². The maximum absolute atomic E-state index is 11.8. The van der Waals surface area contributed by atoms with Crippen molar-refractivity contribution in [2.45, 2.75) is 33.2 Å². The Morgan fingerprint density at radius 1 is 1.32 bits per heavy atom. The Kier molecular flexibility index (Phi) is 4.89. The number of aryl methyl sites for hydroxylation is 2. The highest BCUT2D eigenvalue weighted by atomic mass is 32.2. The normalized spacial score (nSPS) is 18.9. The molecule has 1 aliphatic rings. The quantitative estimate of drug-likeness (QED) is 0.874. The first kappa shape index (κ1) is 17.6. The van der Waals surface area contributed by atoms with Crippen LogP contribution in [-0.2, 0) is 9.84 Å². The second kappa shape index (κ2) is 6.95. The molecule has 1 aromatic heterocycles. The number of rotatable bonds is 5. The van der Waals surface area contributed by atoms with Gasteiger partial charge in [-0.15, -0.1) is 5.10 Å². The van der Waals surface area contributed by atoms with Crippen LogP contribution < -0.4 is 10.2 Å². The summed E-state index contributed by atoms with van der Waals surface area (Å²) >= 11 is 0. The van der Waals surface area contributed by atoms with Gasteiger partial charge in [0.1, 0.15) is 0 Å². The van der Waals surface area contributed by atoms with Gasteiger partial charge in [0.05, 0.1) is 17.7 Å². The van der Waals surface area contributed by atoms with Crippen LogP contribution in [0.5, 0.6) is 0 Å². The lowest BCUT2D eigenvalue weighted by molar-refractivity contribution is 0.599. The highest BCUT2D eigenvalue weighted by molar-refractivity contribution is 7.91. The summed E-state index contributed by atoms with van der Waals surface area (Å²) < 4.78 is 23.6. The van der Waals surface area contributed by atoms with Gasteiger partial charge in [0.15, 0.2) is 15.7 Å². The molecular formula is C17H23N5O2S. The van der Waals surface area contributed by atoms with Gasteiger partial charge >= 0.3 is 0 Å². The predicted molar refractivity (Wildman–Crippen MR) is 99.1 cm³/mol. The highest BCUT2D eigenvalue weighted by Crippen LogP contribution is 2.24. The molecule has 3 rings (SSSR count). The lowest BCUT2D eigenvalue weighted by Crippen LogP contribution is -2.37. The summed E-state index contributed by atoms with van der Waals surface area (Å²) in [5, 5.41) is 11.3. The average molecular weight is 361 g/mol. The standard InChI is InChI=1S/C17H23N5O2S/c1-4-22(14-7-8-25(23,24)11-14)16-10-18-21-17(20-16)19-15-6-5-12(2)9-13(15)3/h5-6,9-10,14H,4,7-8,11H2,1-3H3,(H,19,20,21). The van der Waals surface area contributed by atoms with E-state index >= 15 is 0 Å². The first-order chi connectivity index (χ1) is 11.9. The summed E-state index contributed by atoms with van der Waals surface area (Å²) in [5.41, 5.74) is 3.22. The molecule has 2 aromatic rings. The largest absolute Gasteiger partial charge is 0.351 e. The van der Waals surface area contributed by atoms with Crippen LogP contribution in [-0.4, -0.2) is 47.7 Å². The van der Waals surface area contributed by atoms with Gasteiger partial charge in [-0.25, -0.2) is 8.42 Å². The molecule has 8 heteroatoms. The molecule has 7 nitrogen and oxygen atoms in total. The van der Waals surface area contributed by atoms with Gasteiger partial charge in [0.2, 0.25) is 5.95 Å². The van der Waals surface area contributed by atoms with E-state index in [-0.39, 0.29) is 17.5 Å². The maximum atomic E-state index is 11.8. The third kappa shape index (κ3) is 4.07. The number of hydrogen-bond donors (Lipinski definition) is 1. The van der Waals surface area contributed by atoms with Gasteiger partial charge in [0, 0.05) is 18.3 Å². The maximum Gasteiger partial charge on any atom is 0.249 e. The molecule has 0 bridgehead atoms. The molecule has 2 heterocycles. The number of aromatic nitrogens is 3. The number of hydrogen-bond acceptors (Lipinski definition) is 7. The molecule has 25 heavy (non-hydrogen) atoms. The number of benzene rings is 1. The van der Waals surface area contributed by atoms with Crippen LogP contribution >= 0.6 is 0 Å². The van der Waals surface area contributed by atoms with E-state index < -0.39 is 9.84 Å². The van der Waals surface area contributed by atoms with E-state index in [1.807, 2.05) is 37.8 Å². The van der Waals surface area contributed by atoms with Crippen molar-refractivity contribution in [2.75, 3.05) is 28.3 Å². The molecule has 0 amide bonds. The third-order valence-electron chi connectivity index (χ3n) is 4.46. The van der Waals surface area contributed by atoms with Crippen molar-refractivity contribution in [3.63, 3.8) is 0 Å². The molecule has 134 valence electrons. The lowest BCUT2D eigenvalue weighted by atomic mass is 10.1. The van der Waals surface area contributed by atoms with Crippen LogP contribution in [0.25, 0.3) is 0 Å². The van der Waals surface area contributed by atoms with Crippen molar-refractivity contribution < 1.29 is 8.42 Å². The van der Waals surface area contributed by atoms with Gasteiger partial charge in [-0.05, 0) is 38.8 Å². The summed E-state index contributed by atoms with van der Waals surface area (Å²) in [4.78, 5) is 6.53. The van der Waals surface area contributed by atoms with Crippen molar-refractivity contribution in [3.8, 4) is 0 Å². The molecule has 1 atom stereocenters. The van der Waals surface area contributed by atoms with Crippen molar-refractivity contribution >= 4 is 27.3 Å². The number of nitrogens with zero attached hydrogens (tertiary/aromatic N) is 4. The number of nitrogens with one attached hydrogen (secondary N) is 1. The zero-order valence-corrected chi connectivity index (χ0v) is 15.5. The molecule has 1 saturated heterocycles.